The second kappa shape index (κ2) is 5.75. The molecule has 4 nitrogen and oxygen atoms in total. The third kappa shape index (κ3) is 2.31. The van der Waals surface area contributed by atoms with Crippen molar-refractivity contribution in [3.63, 3.8) is 0 Å². The van der Waals surface area contributed by atoms with E-state index in [2.05, 4.69) is 0 Å². The molecule has 1 amide bonds. The van der Waals surface area contributed by atoms with Crippen molar-refractivity contribution in [3.05, 3.63) is 29.8 Å². The molecule has 0 saturated heterocycles. The van der Waals surface area contributed by atoms with E-state index in [-0.39, 0.29) is 24.3 Å². The molecule has 2 aliphatic rings. The average molecular weight is 301 g/mol. The second-order valence-corrected chi connectivity index (χ2v) is 6.57. The van der Waals surface area contributed by atoms with E-state index < -0.39 is 5.41 Å². The number of para-hydroxylation sites is 1. The number of fused-ring (bicyclic) bond motifs is 1. The van der Waals surface area contributed by atoms with Crippen molar-refractivity contribution in [2.45, 2.75) is 56.9 Å². The number of hydrogen-bond acceptors (Lipinski definition) is 3. The molecule has 3 rings (SSSR count). The van der Waals surface area contributed by atoms with E-state index in [9.17, 15) is 9.59 Å². The van der Waals surface area contributed by atoms with Crippen LogP contribution in [-0.4, -0.2) is 25.0 Å². The lowest BCUT2D eigenvalue weighted by molar-refractivity contribution is -0.144. The lowest BCUT2D eigenvalue weighted by Gasteiger charge is -2.33. The molecular formula is C18H23NO3. The van der Waals surface area contributed by atoms with Crippen molar-refractivity contribution >= 4 is 17.6 Å². The first-order chi connectivity index (χ1) is 10.6. The smallest absolute Gasteiger partial charge is 0.306 e. The van der Waals surface area contributed by atoms with Gasteiger partial charge in [0.15, 0.2) is 0 Å². The van der Waals surface area contributed by atoms with Crippen LogP contribution in [0.15, 0.2) is 24.3 Å². The Bertz CT molecular complexity index is 592. The molecule has 0 N–H and O–H groups in total. The Balaban J connectivity index is 2.00. The molecule has 1 unspecified atom stereocenters. The van der Waals surface area contributed by atoms with E-state index in [4.69, 9.17) is 4.74 Å². The normalized spacial score (nSPS) is 25.2. The molecule has 1 atom stereocenters. The number of benzene rings is 1. The lowest BCUT2D eigenvalue weighted by Crippen LogP contribution is -2.45. The molecule has 0 spiro atoms. The third-order valence-electron chi connectivity index (χ3n) is 5.11. The summed E-state index contributed by atoms with van der Waals surface area (Å²) in [5, 5.41) is 0. The summed E-state index contributed by atoms with van der Waals surface area (Å²) >= 11 is 0. The van der Waals surface area contributed by atoms with Crippen molar-refractivity contribution in [3.8, 4) is 0 Å². The minimum atomic E-state index is -0.804. The number of carbonyl (C=O) groups is 2. The van der Waals surface area contributed by atoms with Crippen LogP contribution in [0.1, 0.15) is 51.0 Å². The van der Waals surface area contributed by atoms with Crippen LogP contribution in [0.2, 0.25) is 0 Å². The summed E-state index contributed by atoms with van der Waals surface area (Å²) in [5.74, 6) is -0.290. The molecule has 1 aromatic rings. The molecule has 1 aliphatic carbocycles. The fourth-order valence-electron chi connectivity index (χ4n) is 3.87. The van der Waals surface area contributed by atoms with Crippen molar-refractivity contribution in [2.24, 2.45) is 0 Å². The standard InChI is InChI=1S/C18H23NO3/c1-18(12-16(20)22-2)14-10-6-7-11-15(14)19(17(18)21)13-8-4-3-5-9-13/h6-7,10-11,13H,3-5,8-9,12H2,1-2H3. The van der Waals surface area contributed by atoms with Gasteiger partial charge in [-0.1, -0.05) is 37.5 Å². The van der Waals surface area contributed by atoms with E-state index in [0.717, 1.165) is 24.1 Å². The number of anilines is 1. The number of amides is 1. The predicted molar refractivity (Wildman–Crippen MR) is 84.8 cm³/mol. The van der Waals surface area contributed by atoms with Gasteiger partial charge in [0, 0.05) is 11.7 Å². The lowest BCUT2D eigenvalue weighted by atomic mass is 9.80. The highest BCUT2D eigenvalue weighted by Gasteiger charge is 2.50. The molecule has 0 bridgehead atoms. The Morgan fingerprint density at radius 3 is 2.64 bits per heavy atom. The zero-order valence-corrected chi connectivity index (χ0v) is 13.3. The van der Waals surface area contributed by atoms with Gasteiger partial charge in [0.1, 0.15) is 0 Å². The maximum Gasteiger partial charge on any atom is 0.306 e. The molecule has 0 aromatic heterocycles. The number of esters is 1. The maximum atomic E-state index is 13.2. The second-order valence-electron chi connectivity index (χ2n) is 6.57. The maximum absolute atomic E-state index is 13.2. The highest BCUT2D eigenvalue weighted by molar-refractivity contribution is 6.09. The summed E-state index contributed by atoms with van der Waals surface area (Å²) in [7, 11) is 1.37. The summed E-state index contributed by atoms with van der Waals surface area (Å²) in [5.41, 5.74) is 1.13. The van der Waals surface area contributed by atoms with Crippen molar-refractivity contribution in [1.29, 1.82) is 0 Å². The van der Waals surface area contributed by atoms with Gasteiger partial charge in [0.25, 0.3) is 0 Å². The zero-order chi connectivity index (χ0) is 15.7. The van der Waals surface area contributed by atoms with Crippen molar-refractivity contribution in [2.75, 3.05) is 12.0 Å². The minimum absolute atomic E-state index is 0.0472. The summed E-state index contributed by atoms with van der Waals surface area (Å²) in [6.07, 6.45) is 5.79. The summed E-state index contributed by atoms with van der Waals surface area (Å²) < 4.78 is 4.81. The van der Waals surface area contributed by atoms with E-state index in [1.807, 2.05) is 36.1 Å². The van der Waals surface area contributed by atoms with Gasteiger partial charge in [0.05, 0.1) is 18.9 Å². The first-order valence-corrected chi connectivity index (χ1v) is 8.08. The Hall–Kier alpha value is -1.84. The van der Waals surface area contributed by atoms with Gasteiger partial charge in [0.2, 0.25) is 5.91 Å². The van der Waals surface area contributed by atoms with Crippen molar-refractivity contribution in [1.82, 2.24) is 0 Å². The van der Waals surface area contributed by atoms with Crippen LogP contribution in [-0.2, 0) is 19.7 Å². The molecule has 1 aromatic carbocycles. The highest BCUT2D eigenvalue weighted by atomic mass is 16.5. The minimum Gasteiger partial charge on any atom is -0.469 e. The number of nitrogens with zero attached hydrogens (tertiary/aromatic N) is 1. The van der Waals surface area contributed by atoms with Gasteiger partial charge in [-0.2, -0.15) is 0 Å². The average Bonchev–Trinajstić information content (AvgIpc) is 2.77. The third-order valence-corrected chi connectivity index (χ3v) is 5.11. The summed E-state index contributed by atoms with van der Waals surface area (Å²) in [4.78, 5) is 26.9. The van der Waals surface area contributed by atoms with Gasteiger partial charge < -0.3 is 9.64 Å². The van der Waals surface area contributed by atoms with Crippen LogP contribution in [0.4, 0.5) is 5.69 Å². The van der Waals surface area contributed by atoms with Crippen LogP contribution in [0, 0.1) is 0 Å². The SMILES string of the molecule is COC(=O)CC1(C)C(=O)N(C2CCCCC2)c2ccccc21. The van der Waals surface area contributed by atoms with E-state index in [1.54, 1.807) is 0 Å². The van der Waals surface area contributed by atoms with Gasteiger partial charge in [-0.15, -0.1) is 0 Å². The summed E-state index contributed by atoms with van der Waals surface area (Å²) in [6.45, 7) is 1.87. The molecule has 22 heavy (non-hydrogen) atoms. The Kier molecular flexibility index (Phi) is 3.94. The predicted octanol–water partition coefficient (Wildman–Crippen LogP) is 3.19. The molecule has 1 heterocycles. The number of rotatable bonds is 3. The molecule has 4 heteroatoms. The molecule has 118 valence electrons. The molecular weight excluding hydrogens is 278 g/mol. The zero-order valence-electron chi connectivity index (χ0n) is 13.3. The first-order valence-electron chi connectivity index (χ1n) is 8.08. The van der Waals surface area contributed by atoms with E-state index in [1.165, 1.54) is 26.4 Å². The highest BCUT2D eigenvalue weighted by Crippen LogP contribution is 2.46. The Labute approximate surface area is 131 Å². The van der Waals surface area contributed by atoms with Gasteiger partial charge >= 0.3 is 5.97 Å². The molecule has 0 radical (unpaired) electrons. The fourth-order valence-corrected chi connectivity index (χ4v) is 3.87. The van der Waals surface area contributed by atoms with Crippen molar-refractivity contribution < 1.29 is 14.3 Å². The van der Waals surface area contributed by atoms with E-state index >= 15 is 0 Å². The largest absolute Gasteiger partial charge is 0.469 e. The Morgan fingerprint density at radius 1 is 1.27 bits per heavy atom. The van der Waals surface area contributed by atoms with Gasteiger partial charge in [-0.25, -0.2) is 0 Å². The van der Waals surface area contributed by atoms with Crippen LogP contribution in [0.5, 0.6) is 0 Å². The van der Waals surface area contributed by atoms with Crippen LogP contribution < -0.4 is 4.90 Å². The first kappa shape index (κ1) is 15.1. The molecule has 1 aliphatic heterocycles. The van der Waals surface area contributed by atoms with Gasteiger partial charge in [-0.3, -0.25) is 9.59 Å². The topological polar surface area (TPSA) is 46.6 Å². The van der Waals surface area contributed by atoms with E-state index in [0.29, 0.717) is 0 Å². The van der Waals surface area contributed by atoms with Crippen LogP contribution >= 0.6 is 0 Å². The van der Waals surface area contributed by atoms with Crippen LogP contribution in [0.25, 0.3) is 0 Å². The number of carbonyl (C=O) groups excluding carboxylic acids is 2. The number of ether oxygens (including phenoxy) is 1. The molecule has 1 saturated carbocycles. The summed E-state index contributed by atoms with van der Waals surface area (Å²) in [6, 6.07) is 8.14. The van der Waals surface area contributed by atoms with Crippen LogP contribution in [0.3, 0.4) is 0 Å². The van der Waals surface area contributed by atoms with Gasteiger partial charge in [-0.05, 0) is 31.4 Å². The molecule has 1 fully saturated rings. The Morgan fingerprint density at radius 2 is 1.95 bits per heavy atom. The fraction of sp³-hybridized carbons (Fsp3) is 0.556. The number of methoxy groups -OCH3 is 1. The quantitative estimate of drug-likeness (QED) is 0.806. The number of hydrogen-bond donors (Lipinski definition) is 0. The monoisotopic (exact) mass is 301 g/mol.